The number of carbonyl (C=O) groups is 1. The van der Waals surface area contributed by atoms with E-state index >= 15 is 0 Å². The van der Waals surface area contributed by atoms with Crippen LogP contribution >= 0.6 is 23.2 Å². The van der Waals surface area contributed by atoms with E-state index < -0.39 is 17.6 Å². The fraction of sp³-hybridized carbons (Fsp3) is 0.294. The molecule has 1 amide bonds. The van der Waals surface area contributed by atoms with Crippen molar-refractivity contribution in [2.75, 3.05) is 18.5 Å². The average molecular weight is 421 g/mol. The number of nitrogens with zero attached hydrogens (tertiary/aromatic N) is 1. The van der Waals surface area contributed by atoms with Crippen molar-refractivity contribution in [2.24, 2.45) is 0 Å². The lowest BCUT2D eigenvalue weighted by Crippen LogP contribution is -2.17. The summed E-state index contributed by atoms with van der Waals surface area (Å²) >= 11 is 12.0. The zero-order chi connectivity index (χ0) is 19.6. The first-order valence-electron chi connectivity index (χ1n) is 7.82. The van der Waals surface area contributed by atoms with Gasteiger partial charge < -0.3 is 14.8 Å². The lowest BCUT2D eigenvalue weighted by molar-refractivity contribution is -0.137. The van der Waals surface area contributed by atoms with E-state index in [1.807, 2.05) is 0 Å². The number of rotatable bonds is 4. The molecule has 2 aromatic rings. The minimum Gasteiger partial charge on any atom is -0.471 e. The zero-order valence-electron chi connectivity index (χ0n) is 13.6. The predicted octanol–water partition coefficient (Wildman–Crippen LogP) is 4.83. The number of pyridine rings is 1. The molecule has 0 saturated carbocycles. The molecule has 27 heavy (non-hydrogen) atoms. The molecule has 3 rings (SSSR count). The Labute approximate surface area is 162 Å². The number of ether oxygens (including phenoxy) is 2. The summed E-state index contributed by atoms with van der Waals surface area (Å²) in [6, 6.07) is 3.96. The lowest BCUT2D eigenvalue weighted by atomic mass is 10.2. The van der Waals surface area contributed by atoms with Crippen molar-refractivity contribution in [2.45, 2.75) is 18.7 Å². The van der Waals surface area contributed by atoms with Crippen LogP contribution in [-0.2, 0) is 10.9 Å². The van der Waals surface area contributed by atoms with Crippen LogP contribution in [0.3, 0.4) is 0 Å². The maximum Gasteiger partial charge on any atom is 0.416 e. The molecule has 1 unspecified atom stereocenters. The van der Waals surface area contributed by atoms with Crippen LogP contribution in [-0.4, -0.2) is 30.2 Å². The van der Waals surface area contributed by atoms with Crippen molar-refractivity contribution in [3.8, 4) is 5.88 Å². The van der Waals surface area contributed by atoms with E-state index in [4.69, 9.17) is 32.7 Å². The van der Waals surface area contributed by atoms with Crippen molar-refractivity contribution in [3.05, 3.63) is 51.6 Å². The highest BCUT2D eigenvalue weighted by atomic mass is 35.5. The van der Waals surface area contributed by atoms with Gasteiger partial charge in [0, 0.05) is 12.6 Å². The molecule has 1 aliphatic heterocycles. The Bertz CT molecular complexity index is 856. The standard InChI is InChI=1S/C17H13Cl2F3N2O3/c18-12-2-1-10(17(20,21)22)6-14(12)24-15(25)9-5-13(19)16(23-7-9)27-11-3-4-26-8-11/h1-2,5-7,11H,3-4,8H2,(H,24,25). The molecule has 10 heteroatoms. The van der Waals surface area contributed by atoms with Crippen LogP contribution < -0.4 is 10.1 Å². The zero-order valence-corrected chi connectivity index (χ0v) is 15.2. The number of amides is 1. The monoisotopic (exact) mass is 420 g/mol. The molecule has 5 nitrogen and oxygen atoms in total. The van der Waals surface area contributed by atoms with Gasteiger partial charge in [0.2, 0.25) is 5.88 Å². The van der Waals surface area contributed by atoms with E-state index in [1.54, 1.807) is 0 Å². The minimum atomic E-state index is -4.56. The SMILES string of the molecule is O=C(Nc1cc(C(F)(F)F)ccc1Cl)c1cnc(OC2CCOC2)c(Cl)c1. The molecule has 0 radical (unpaired) electrons. The second-order valence-electron chi connectivity index (χ2n) is 5.76. The van der Waals surface area contributed by atoms with Crippen LogP contribution in [0.25, 0.3) is 0 Å². The Balaban J connectivity index is 1.75. The number of nitrogens with one attached hydrogen (secondary N) is 1. The number of carbonyl (C=O) groups excluding carboxylic acids is 1. The molecule has 1 atom stereocenters. The van der Waals surface area contributed by atoms with Gasteiger partial charge in [-0.3, -0.25) is 4.79 Å². The van der Waals surface area contributed by atoms with Gasteiger partial charge >= 0.3 is 6.18 Å². The number of hydrogen-bond donors (Lipinski definition) is 1. The van der Waals surface area contributed by atoms with Crippen LogP contribution in [0.1, 0.15) is 22.3 Å². The topological polar surface area (TPSA) is 60.5 Å². The first-order valence-corrected chi connectivity index (χ1v) is 8.57. The second kappa shape index (κ2) is 7.92. The highest BCUT2D eigenvalue weighted by Gasteiger charge is 2.31. The molecule has 1 aromatic carbocycles. The van der Waals surface area contributed by atoms with Crippen LogP contribution in [0.2, 0.25) is 10.0 Å². The van der Waals surface area contributed by atoms with E-state index in [0.29, 0.717) is 19.6 Å². The molecule has 0 aliphatic carbocycles. The van der Waals surface area contributed by atoms with Crippen LogP contribution in [0, 0.1) is 0 Å². The number of anilines is 1. The summed E-state index contributed by atoms with van der Waals surface area (Å²) in [5, 5.41) is 2.40. The summed E-state index contributed by atoms with van der Waals surface area (Å²) in [7, 11) is 0. The second-order valence-corrected chi connectivity index (χ2v) is 6.58. The van der Waals surface area contributed by atoms with Gasteiger partial charge in [-0.25, -0.2) is 4.98 Å². The molecule has 2 heterocycles. The molecule has 1 aromatic heterocycles. The van der Waals surface area contributed by atoms with Gasteiger partial charge in [0.1, 0.15) is 11.1 Å². The average Bonchev–Trinajstić information content (AvgIpc) is 3.10. The van der Waals surface area contributed by atoms with E-state index in [2.05, 4.69) is 10.3 Å². The van der Waals surface area contributed by atoms with Crippen molar-refractivity contribution < 1.29 is 27.4 Å². The van der Waals surface area contributed by atoms with Gasteiger partial charge in [-0.2, -0.15) is 13.2 Å². The van der Waals surface area contributed by atoms with Crippen molar-refractivity contribution >= 4 is 34.8 Å². The van der Waals surface area contributed by atoms with Crippen molar-refractivity contribution in [1.82, 2.24) is 4.98 Å². The largest absolute Gasteiger partial charge is 0.471 e. The van der Waals surface area contributed by atoms with E-state index in [-0.39, 0.29) is 33.3 Å². The number of alkyl halides is 3. The summed E-state index contributed by atoms with van der Waals surface area (Å²) in [4.78, 5) is 16.3. The summed E-state index contributed by atoms with van der Waals surface area (Å²) in [6.07, 6.45) is -2.81. The molecular formula is C17H13Cl2F3N2O3. The Morgan fingerprint density at radius 2 is 2.04 bits per heavy atom. The Hall–Kier alpha value is -2.03. The Morgan fingerprint density at radius 3 is 2.67 bits per heavy atom. The van der Waals surface area contributed by atoms with Gasteiger partial charge in [-0.05, 0) is 24.3 Å². The van der Waals surface area contributed by atoms with E-state index in [9.17, 15) is 18.0 Å². The third kappa shape index (κ3) is 4.82. The highest BCUT2D eigenvalue weighted by molar-refractivity contribution is 6.34. The first kappa shape index (κ1) is 19.7. The smallest absolute Gasteiger partial charge is 0.416 e. The van der Waals surface area contributed by atoms with Gasteiger partial charge in [0.25, 0.3) is 5.91 Å². The number of aromatic nitrogens is 1. The summed E-state index contributed by atoms with van der Waals surface area (Å²) in [5.74, 6) is -0.554. The van der Waals surface area contributed by atoms with Gasteiger partial charge in [0.05, 0.1) is 35.1 Å². The number of hydrogen-bond acceptors (Lipinski definition) is 4. The molecule has 0 spiro atoms. The third-order valence-corrected chi connectivity index (χ3v) is 4.38. The molecule has 0 bridgehead atoms. The lowest BCUT2D eigenvalue weighted by Gasteiger charge is -2.13. The Kier molecular flexibility index (Phi) is 5.78. The van der Waals surface area contributed by atoms with Gasteiger partial charge in [-0.1, -0.05) is 23.2 Å². The quantitative estimate of drug-likeness (QED) is 0.769. The fourth-order valence-electron chi connectivity index (χ4n) is 2.39. The first-order chi connectivity index (χ1) is 12.7. The van der Waals surface area contributed by atoms with Gasteiger partial charge in [0.15, 0.2) is 0 Å². The minimum absolute atomic E-state index is 0.0309. The van der Waals surface area contributed by atoms with Crippen molar-refractivity contribution in [3.63, 3.8) is 0 Å². The summed E-state index contributed by atoms with van der Waals surface area (Å²) < 4.78 is 49.2. The Morgan fingerprint density at radius 1 is 1.26 bits per heavy atom. The predicted molar refractivity (Wildman–Crippen MR) is 93.5 cm³/mol. The van der Waals surface area contributed by atoms with Crippen LogP contribution in [0.15, 0.2) is 30.5 Å². The number of halogens is 5. The highest BCUT2D eigenvalue weighted by Crippen LogP contribution is 2.34. The molecule has 1 fully saturated rings. The van der Waals surface area contributed by atoms with Crippen molar-refractivity contribution in [1.29, 1.82) is 0 Å². The summed E-state index contributed by atoms with van der Waals surface area (Å²) in [5.41, 5.74) is -1.06. The fourth-order valence-corrected chi connectivity index (χ4v) is 2.77. The van der Waals surface area contributed by atoms with E-state index in [0.717, 1.165) is 18.2 Å². The van der Waals surface area contributed by atoms with Crippen LogP contribution in [0.5, 0.6) is 5.88 Å². The third-order valence-electron chi connectivity index (χ3n) is 3.78. The normalized spacial score (nSPS) is 17.0. The molecular weight excluding hydrogens is 408 g/mol. The number of benzene rings is 1. The van der Waals surface area contributed by atoms with Crippen LogP contribution in [0.4, 0.5) is 18.9 Å². The molecule has 144 valence electrons. The maximum absolute atomic E-state index is 12.8. The van der Waals surface area contributed by atoms with Gasteiger partial charge in [-0.15, -0.1) is 0 Å². The molecule has 1 N–H and O–H groups in total. The summed E-state index contributed by atoms with van der Waals surface area (Å²) in [6.45, 7) is 1.01. The maximum atomic E-state index is 12.8. The molecule has 1 aliphatic rings. The molecule has 1 saturated heterocycles. The van der Waals surface area contributed by atoms with E-state index in [1.165, 1.54) is 12.3 Å².